The van der Waals surface area contributed by atoms with E-state index in [0.29, 0.717) is 47.4 Å². The number of aryl methyl sites for hydroxylation is 1. The van der Waals surface area contributed by atoms with E-state index in [-0.39, 0.29) is 12.4 Å². The van der Waals surface area contributed by atoms with Crippen molar-refractivity contribution in [2.45, 2.75) is 38.8 Å². The zero-order valence-corrected chi connectivity index (χ0v) is 21.2. The van der Waals surface area contributed by atoms with Gasteiger partial charge in [0.1, 0.15) is 29.2 Å². The molecule has 1 fully saturated rings. The molecular formula is C28H27FN6O4. The summed E-state index contributed by atoms with van der Waals surface area (Å²) in [5.74, 6) is -1.43. The van der Waals surface area contributed by atoms with Gasteiger partial charge in [-0.1, -0.05) is 18.6 Å². The number of halogens is 1. The molecule has 1 aliphatic rings. The maximum Gasteiger partial charge on any atom is 0.308 e. The van der Waals surface area contributed by atoms with Crippen LogP contribution >= 0.6 is 0 Å². The number of hydrogen-bond donors (Lipinski definition) is 3. The monoisotopic (exact) mass is 530 g/mol. The summed E-state index contributed by atoms with van der Waals surface area (Å²) < 4.78 is 19.5. The quantitative estimate of drug-likeness (QED) is 0.294. The van der Waals surface area contributed by atoms with Gasteiger partial charge in [0.2, 0.25) is 0 Å². The Kier molecular flexibility index (Phi) is 7.57. The average molecular weight is 531 g/mol. The number of carboxylic acids is 1. The normalized spacial score (nSPS) is 16.7. The van der Waals surface area contributed by atoms with Crippen LogP contribution in [0.3, 0.4) is 0 Å². The number of rotatable bonds is 9. The number of ether oxygens (including phenoxy) is 1. The van der Waals surface area contributed by atoms with Crippen LogP contribution in [0.2, 0.25) is 0 Å². The topological polar surface area (TPSA) is 139 Å². The highest BCUT2D eigenvalue weighted by Gasteiger charge is 2.33. The van der Waals surface area contributed by atoms with Gasteiger partial charge in [-0.05, 0) is 67.3 Å². The number of aliphatic carboxylic acids is 1. The first-order valence-electron chi connectivity index (χ1n) is 12.6. The van der Waals surface area contributed by atoms with Crippen molar-refractivity contribution >= 4 is 28.6 Å². The van der Waals surface area contributed by atoms with Crippen LogP contribution in [-0.2, 0) is 16.1 Å². The maximum atomic E-state index is 13.6. The number of fused-ring (bicyclic) bond motifs is 1. The van der Waals surface area contributed by atoms with Crippen molar-refractivity contribution in [2.24, 2.45) is 5.92 Å². The Labute approximate surface area is 223 Å². The second-order valence-corrected chi connectivity index (χ2v) is 9.46. The fourth-order valence-corrected chi connectivity index (χ4v) is 4.71. The predicted octanol–water partition coefficient (Wildman–Crippen LogP) is 3.89. The minimum Gasteiger partial charge on any atom is -0.481 e. The van der Waals surface area contributed by atoms with Gasteiger partial charge >= 0.3 is 5.97 Å². The van der Waals surface area contributed by atoms with Crippen LogP contribution in [0.4, 0.5) is 10.2 Å². The van der Waals surface area contributed by atoms with Gasteiger partial charge in [-0.2, -0.15) is 10.2 Å². The van der Waals surface area contributed by atoms with Crippen molar-refractivity contribution in [2.75, 3.05) is 11.9 Å². The van der Waals surface area contributed by atoms with Crippen molar-refractivity contribution < 1.29 is 23.8 Å². The van der Waals surface area contributed by atoms with E-state index in [9.17, 15) is 19.1 Å². The first-order valence-corrected chi connectivity index (χ1v) is 12.6. The molecule has 1 amide bonds. The summed E-state index contributed by atoms with van der Waals surface area (Å²) in [5.41, 5.74) is 3.47. The molecule has 0 radical (unpaired) electrons. The molecule has 2 aromatic heterocycles. The van der Waals surface area contributed by atoms with E-state index < -0.39 is 23.8 Å². The summed E-state index contributed by atoms with van der Waals surface area (Å²) >= 11 is 0. The number of aromatic nitrogens is 4. The van der Waals surface area contributed by atoms with E-state index in [1.54, 1.807) is 18.2 Å². The van der Waals surface area contributed by atoms with Crippen molar-refractivity contribution in [3.05, 3.63) is 72.1 Å². The second-order valence-electron chi connectivity index (χ2n) is 9.46. The molecule has 2 unspecified atom stereocenters. The SMILES string of the molecule is Cc1ccc(CNc2ncnc3c(OCC(=O)NC4CCCC4C(=O)O)cc(-c4ccc(F)cc4)cc23)nn1. The number of anilines is 1. The smallest absolute Gasteiger partial charge is 0.308 e. The molecule has 5 rings (SSSR count). The van der Waals surface area contributed by atoms with E-state index in [1.165, 1.54) is 18.5 Å². The zero-order valence-electron chi connectivity index (χ0n) is 21.2. The molecule has 10 nitrogen and oxygen atoms in total. The van der Waals surface area contributed by atoms with Crippen LogP contribution in [-0.4, -0.2) is 49.8 Å². The molecule has 1 aliphatic carbocycles. The van der Waals surface area contributed by atoms with Crippen LogP contribution in [0.15, 0.2) is 54.9 Å². The zero-order chi connectivity index (χ0) is 27.4. The van der Waals surface area contributed by atoms with Gasteiger partial charge in [-0.15, -0.1) is 0 Å². The molecule has 2 heterocycles. The van der Waals surface area contributed by atoms with Gasteiger partial charge in [-0.25, -0.2) is 14.4 Å². The van der Waals surface area contributed by atoms with Crippen LogP contribution in [0, 0.1) is 18.7 Å². The molecule has 0 aliphatic heterocycles. The third-order valence-corrected chi connectivity index (χ3v) is 6.71. The van der Waals surface area contributed by atoms with Crippen molar-refractivity contribution in [1.82, 2.24) is 25.5 Å². The van der Waals surface area contributed by atoms with Crippen LogP contribution < -0.4 is 15.4 Å². The van der Waals surface area contributed by atoms with Gasteiger partial charge in [0, 0.05) is 11.4 Å². The Hall–Kier alpha value is -4.67. The predicted molar refractivity (Wildman–Crippen MR) is 141 cm³/mol. The lowest BCUT2D eigenvalue weighted by Crippen LogP contribution is -2.42. The minimum atomic E-state index is -0.912. The Morgan fingerprint density at radius 1 is 1.05 bits per heavy atom. The van der Waals surface area contributed by atoms with Crippen LogP contribution in [0.5, 0.6) is 5.75 Å². The first kappa shape index (κ1) is 26.0. The van der Waals surface area contributed by atoms with E-state index in [0.717, 1.165) is 23.4 Å². The molecule has 0 saturated heterocycles. The number of carbonyl (C=O) groups is 2. The number of benzene rings is 2. The van der Waals surface area contributed by atoms with E-state index in [2.05, 4.69) is 30.8 Å². The molecule has 0 spiro atoms. The third-order valence-electron chi connectivity index (χ3n) is 6.71. The number of nitrogens with one attached hydrogen (secondary N) is 2. The number of hydrogen-bond acceptors (Lipinski definition) is 8. The lowest BCUT2D eigenvalue weighted by atomic mass is 10.0. The summed E-state index contributed by atoms with van der Waals surface area (Å²) in [7, 11) is 0. The van der Waals surface area contributed by atoms with Gasteiger partial charge in [0.15, 0.2) is 6.61 Å². The number of carboxylic acid groups (broad SMARTS) is 1. The average Bonchev–Trinajstić information content (AvgIpc) is 3.40. The molecule has 2 aromatic carbocycles. The summed E-state index contributed by atoms with van der Waals surface area (Å²) in [4.78, 5) is 33.0. The van der Waals surface area contributed by atoms with Crippen molar-refractivity contribution in [3.63, 3.8) is 0 Å². The number of amides is 1. The van der Waals surface area contributed by atoms with Gasteiger partial charge < -0.3 is 20.5 Å². The minimum absolute atomic E-state index is 0.323. The molecule has 4 aromatic rings. The summed E-state index contributed by atoms with van der Waals surface area (Å²) in [5, 5.41) is 24.3. The second kappa shape index (κ2) is 11.4. The molecule has 1 saturated carbocycles. The van der Waals surface area contributed by atoms with E-state index in [1.807, 2.05) is 25.1 Å². The highest BCUT2D eigenvalue weighted by molar-refractivity contribution is 5.96. The standard InChI is InChI=1S/C28H27FN6O4/c1-16-5-10-20(35-34-16)13-30-27-22-11-18(17-6-8-19(29)9-7-17)12-24(26(22)31-15-32-27)39-14-25(36)33-23-4-2-3-21(23)28(37)38/h5-12,15,21,23H,2-4,13-14H2,1H3,(H,33,36)(H,37,38)(H,30,31,32). The third kappa shape index (κ3) is 6.08. The summed E-state index contributed by atoms with van der Waals surface area (Å²) in [6.45, 7) is 1.90. The molecule has 200 valence electrons. The molecule has 2 atom stereocenters. The van der Waals surface area contributed by atoms with Crippen LogP contribution in [0.1, 0.15) is 30.7 Å². The lowest BCUT2D eigenvalue weighted by Gasteiger charge is -2.18. The Balaban J connectivity index is 1.42. The molecule has 11 heteroatoms. The maximum absolute atomic E-state index is 13.6. The lowest BCUT2D eigenvalue weighted by molar-refractivity contribution is -0.142. The van der Waals surface area contributed by atoms with E-state index >= 15 is 0 Å². The highest BCUT2D eigenvalue weighted by atomic mass is 19.1. The van der Waals surface area contributed by atoms with E-state index in [4.69, 9.17) is 4.74 Å². The number of carbonyl (C=O) groups excluding carboxylic acids is 1. The molecule has 0 bridgehead atoms. The van der Waals surface area contributed by atoms with Crippen LogP contribution in [0.25, 0.3) is 22.0 Å². The van der Waals surface area contributed by atoms with Gasteiger partial charge in [0.25, 0.3) is 5.91 Å². The van der Waals surface area contributed by atoms with Gasteiger partial charge in [0.05, 0.1) is 23.9 Å². The fraction of sp³-hybridized carbons (Fsp3) is 0.286. The van der Waals surface area contributed by atoms with Crippen molar-refractivity contribution in [1.29, 1.82) is 0 Å². The van der Waals surface area contributed by atoms with Crippen molar-refractivity contribution in [3.8, 4) is 16.9 Å². The van der Waals surface area contributed by atoms with Gasteiger partial charge in [-0.3, -0.25) is 9.59 Å². The number of nitrogens with zero attached hydrogens (tertiary/aromatic N) is 4. The fourth-order valence-electron chi connectivity index (χ4n) is 4.71. The molecule has 39 heavy (non-hydrogen) atoms. The summed E-state index contributed by atoms with van der Waals surface area (Å²) in [6.07, 6.45) is 3.28. The Morgan fingerprint density at radius 2 is 1.87 bits per heavy atom. The molecular weight excluding hydrogens is 503 g/mol. The highest BCUT2D eigenvalue weighted by Crippen LogP contribution is 2.34. The largest absolute Gasteiger partial charge is 0.481 e. The Morgan fingerprint density at radius 3 is 2.62 bits per heavy atom. The Bertz CT molecular complexity index is 1500. The molecule has 3 N–H and O–H groups in total. The first-order chi connectivity index (χ1) is 18.9. The summed E-state index contributed by atoms with van der Waals surface area (Å²) in [6, 6.07) is 13.0.